The fourth-order valence-electron chi connectivity index (χ4n) is 4.52. The first-order valence-corrected chi connectivity index (χ1v) is 13.6. The molecule has 2 heterocycles. The maximum absolute atomic E-state index is 13.5. The van der Waals surface area contributed by atoms with Crippen LogP contribution in [0.5, 0.6) is 17.2 Å². The standard InChI is InChI=1S/C30H28N2O6S/c1-3-5-14-38-21-11-7-9-19(16-21)27(34)25-26(18-8-6-10-20(33)15-18)32(29(36)28(25)35)30-31-23-13-12-22(37-4-2)17-24(23)39-30/h6-13,15-17,26,33-34H,3-5,14H2,1-2H3/b27-25+. The van der Waals surface area contributed by atoms with E-state index in [0.29, 0.717) is 46.5 Å². The Bertz CT molecular complexity index is 1580. The average Bonchev–Trinajstić information content (AvgIpc) is 3.46. The number of fused-ring (bicyclic) bond motifs is 1. The summed E-state index contributed by atoms with van der Waals surface area (Å²) < 4.78 is 12.2. The fourth-order valence-corrected chi connectivity index (χ4v) is 5.54. The molecule has 0 spiro atoms. The fraction of sp³-hybridized carbons (Fsp3) is 0.233. The number of hydrogen-bond donors (Lipinski definition) is 2. The van der Waals surface area contributed by atoms with E-state index in [1.807, 2.05) is 13.0 Å². The van der Waals surface area contributed by atoms with E-state index in [2.05, 4.69) is 11.9 Å². The Labute approximate surface area is 229 Å². The quantitative estimate of drug-likeness (QED) is 0.112. The molecule has 0 aliphatic carbocycles. The number of carbonyl (C=O) groups excluding carboxylic acids is 2. The number of rotatable bonds is 9. The first-order chi connectivity index (χ1) is 18.9. The summed E-state index contributed by atoms with van der Waals surface area (Å²) >= 11 is 1.24. The van der Waals surface area contributed by atoms with Gasteiger partial charge in [-0.05, 0) is 61.4 Å². The predicted molar refractivity (Wildman–Crippen MR) is 151 cm³/mol. The first kappa shape index (κ1) is 26.2. The van der Waals surface area contributed by atoms with E-state index in [1.165, 1.54) is 28.4 Å². The Morgan fingerprint density at radius 2 is 1.79 bits per heavy atom. The van der Waals surface area contributed by atoms with Crippen LogP contribution in [0.25, 0.3) is 16.0 Å². The van der Waals surface area contributed by atoms with Gasteiger partial charge in [0, 0.05) is 5.56 Å². The van der Waals surface area contributed by atoms with Crippen LogP contribution in [0.4, 0.5) is 5.13 Å². The summed E-state index contributed by atoms with van der Waals surface area (Å²) in [6.45, 7) is 4.99. The van der Waals surface area contributed by atoms with Crippen molar-refractivity contribution in [1.29, 1.82) is 0 Å². The van der Waals surface area contributed by atoms with Crippen molar-refractivity contribution in [1.82, 2.24) is 4.98 Å². The summed E-state index contributed by atoms with van der Waals surface area (Å²) in [4.78, 5) is 32.9. The highest BCUT2D eigenvalue weighted by Gasteiger charge is 2.48. The lowest BCUT2D eigenvalue weighted by Gasteiger charge is -2.23. The minimum absolute atomic E-state index is 0.0323. The van der Waals surface area contributed by atoms with Crippen LogP contribution in [0.1, 0.15) is 43.9 Å². The zero-order valence-electron chi connectivity index (χ0n) is 21.6. The van der Waals surface area contributed by atoms with Gasteiger partial charge in [0.15, 0.2) is 5.13 Å². The zero-order chi connectivity index (χ0) is 27.5. The normalized spacial score (nSPS) is 16.7. The molecule has 3 aromatic carbocycles. The van der Waals surface area contributed by atoms with Gasteiger partial charge in [0.05, 0.1) is 35.0 Å². The molecule has 1 fully saturated rings. The maximum Gasteiger partial charge on any atom is 0.301 e. The lowest BCUT2D eigenvalue weighted by atomic mass is 9.95. The number of aromatic nitrogens is 1. The first-order valence-electron chi connectivity index (χ1n) is 12.8. The molecule has 0 radical (unpaired) electrons. The number of aromatic hydroxyl groups is 1. The van der Waals surface area contributed by atoms with E-state index >= 15 is 0 Å². The third-order valence-electron chi connectivity index (χ3n) is 6.37. The summed E-state index contributed by atoms with van der Waals surface area (Å²) in [5.74, 6) is -0.795. The smallest absolute Gasteiger partial charge is 0.301 e. The van der Waals surface area contributed by atoms with Crippen molar-refractivity contribution in [2.45, 2.75) is 32.7 Å². The van der Waals surface area contributed by atoms with Crippen molar-refractivity contribution < 1.29 is 29.3 Å². The van der Waals surface area contributed by atoms with Crippen LogP contribution in [0, 0.1) is 0 Å². The van der Waals surface area contributed by atoms with Crippen molar-refractivity contribution >= 4 is 44.1 Å². The molecule has 0 bridgehead atoms. The Hall–Kier alpha value is -4.37. The van der Waals surface area contributed by atoms with Gasteiger partial charge < -0.3 is 19.7 Å². The summed E-state index contributed by atoms with van der Waals surface area (Å²) in [6, 6.07) is 17.5. The lowest BCUT2D eigenvalue weighted by molar-refractivity contribution is -0.132. The minimum Gasteiger partial charge on any atom is -0.508 e. The van der Waals surface area contributed by atoms with Crippen LogP contribution < -0.4 is 14.4 Å². The molecule has 1 unspecified atom stereocenters. The number of benzene rings is 3. The molecular formula is C30H28N2O6S. The number of aliphatic hydroxyl groups excluding tert-OH is 1. The number of carbonyl (C=O) groups is 2. The number of phenols is 1. The van der Waals surface area contributed by atoms with Gasteiger partial charge in [-0.15, -0.1) is 0 Å². The molecular weight excluding hydrogens is 516 g/mol. The number of ether oxygens (including phenoxy) is 2. The number of nitrogens with zero attached hydrogens (tertiary/aromatic N) is 2. The number of ketones is 1. The van der Waals surface area contributed by atoms with Crippen LogP contribution in [0.15, 0.2) is 72.3 Å². The third-order valence-corrected chi connectivity index (χ3v) is 7.39. The van der Waals surface area contributed by atoms with Gasteiger partial charge in [-0.2, -0.15) is 0 Å². The van der Waals surface area contributed by atoms with Gasteiger partial charge in [0.2, 0.25) is 0 Å². The average molecular weight is 545 g/mol. The second kappa shape index (κ2) is 11.2. The van der Waals surface area contributed by atoms with Crippen LogP contribution in [-0.4, -0.2) is 40.1 Å². The molecule has 39 heavy (non-hydrogen) atoms. The molecule has 8 nitrogen and oxygen atoms in total. The SMILES string of the molecule is CCCCOc1cccc(/C(O)=C2\C(=O)C(=O)N(c3nc4ccc(OCC)cc4s3)C2c2cccc(O)c2)c1. The van der Waals surface area contributed by atoms with Crippen molar-refractivity contribution in [2.75, 3.05) is 18.1 Å². The molecule has 200 valence electrons. The summed E-state index contributed by atoms with van der Waals surface area (Å²) in [7, 11) is 0. The van der Waals surface area contributed by atoms with Gasteiger partial charge in [0.1, 0.15) is 23.0 Å². The second-order valence-corrected chi connectivity index (χ2v) is 10.1. The van der Waals surface area contributed by atoms with E-state index < -0.39 is 17.7 Å². The van der Waals surface area contributed by atoms with E-state index in [1.54, 1.807) is 48.5 Å². The molecule has 9 heteroatoms. The summed E-state index contributed by atoms with van der Waals surface area (Å²) in [6.07, 6.45) is 1.86. The van der Waals surface area contributed by atoms with Gasteiger partial charge in [-0.1, -0.05) is 48.9 Å². The minimum atomic E-state index is -1.01. The van der Waals surface area contributed by atoms with E-state index in [0.717, 1.165) is 17.5 Å². The molecule has 0 saturated carbocycles. The number of hydrogen-bond acceptors (Lipinski definition) is 8. The van der Waals surface area contributed by atoms with Crippen LogP contribution in [-0.2, 0) is 9.59 Å². The molecule has 1 aliphatic rings. The lowest BCUT2D eigenvalue weighted by Crippen LogP contribution is -2.29. The molecule has 1 saturated heterocycles. The van der Waals surface area contributed by atoms with Crippen molar-refractivity contribution in [2.24, 2.45) is 0 Å². The second-order valence-electron chi connectivity index (χ2n) is 9.05. The third kappa shape index (κ3) is 5.18. The Morgan fingerprint density at radius 3 is 2.56 bits per heavy atom. The van der Waals surface area contributed by atoms with E-state index in [-0.39, 0.29) is 17.1 Å². The number of thiazole rings is 1. The molecule has 5 rings (SSSR count). The van der Waals surface area contributed by atoms with Crippen molar-refractivity contribution in [3.63, 3.8) is 0 Å². The summed E-state index contributed by atoms with van der Waals surface area (Å²) in [5, 5.41) is 22.0. The van der Waals surface area contributed by atoms with Gasteiger partial charge in [0.25, 0.3) is 5.78 Å². The van der Waals surface area contributed by atoms with Crippen LogP contribution in [0.3, 0.4) is 0 Å². The largest absolute Gasteiger partial charge is 0.508 e. The molecule has 1 atom stereocenters. The number of aliphatic hydroxyl groups is 1. The molecule has 2 N–H and O–H groups in total. The number of Topliss-reactive ketones (excluding diaryl/α,β-unsaturated/α-hetero) is 1. The molecule has 4 aromatic rings. The highest BCUT2D eigenvalue weighted by atomic mass is 32.1. The summed E-state index contributed by atoms with van der Waals surface area (Å²) in [5.41, 5.74) is 1.36. The van der Waals surface area contributed by atoms with Gasteiger partial charge in [-0.25, -0.2) is 4.98 Å². The Kier molecular flexibility index (Phi) is 7.51. The number of amides is 1. The van der Waals surface area contributed by atoms with E-state index in [9.17, 15) is 19.8 Å². The van der Waals surface area contributed by atoms with Crippen LogP contribution in [0.2, 0.25) is 0 Å². The number of unbranched alkanes of at least 4 members (excludes halogenated alkanes) is 1. The van der Waals surface area contributed by atoms with Gasteiger partial charge >= 0.3 is 5.91 Å². The molecule has 1 aromatic heterocycles. The number of phenolic OH excluding ortho intramolecular Hbond substituents is 1. The van der Waals surface area contributed by atoms with Crippen molar-refractivity contribution in [3.8, 4) is 17.2 Å². The topological polar surface area (TPSA) is 109 Å². The van der Waals surface area contributed by atoms with E-state index in [4.69, 9.17) is 9.47 Å². The molecule has 1 aliphatic heterocycles. The predicted octanol–water partition coefficient (Wildman–Crippen LogP) is 6.21. The molecule has 1 amide bonds. The highest BCUT2D eigenvalue weighted by Crippen LogP contribution is 2.45. The zero-order valence-corrected chi connectivity index (χ0v) is 22.4. The van der Waals surface area contributed by atoms with Crippen LogP contribution >= 0.6 is 11.3 Å². The highest BCUT2D eigenvalue weighted by molar-refractivity contribution is 7.22. The van der Waals surface area contributed by atoms with Gasteiger partial charge in [-0.3, -0.25) is 14.5 Å². The monoisotopic (exact) mass is 544 g/mol. The maximum atomic E-state index is 13.5. The number of anilines is 1. The Balaban J connectivity index is 1.63. The Morgan fingerprint density at radius 1 is 1.00 bits per heavy atom. The van der Waals surface area contributed by atoms with Crippen molar-refractivity contribution in [3.05, 3.63) is 83.4 Å².